The maximum absolute atomic E-state index is 13.5. The summed E-state index contributed by atoms with van der Waals surface area (Å²) in [4.78, 5) is 32.6. The fourth-order valence-electron chi connectivity index (χ4n) is 3.71. The Balaban J connectivity index is 1.41. The van der Waals surface area contributed by atoms with Gasteiger partial charge in [0.1, 0.15) is 5.82 Å². The SMILES string of the molecule is Cc1ccsc1C(=O)Nc1ccc(C(=O)N2Cc3ccccc3Nc3ccccc32)cn1. The van der Waals surface area contributed by atoms with Gasteiger partial charge in [-0.15, -0.1) is 11.3 Å². The van der Waals surface area contributed by atoms with Crippen molar-refractivity contribution in [2.75, 3.05) is 15.5 Å². The molecular weight excluding hydrogens is 420 g/mol. The lowest BCUT2D eigenvalue weighted by Gasteiger charge is -2.22. The molecule has 0 saturated heterocycles. The molecule has 7 heteroatoms. The van der Waals surface area contributed by atoms with E-state index >= 15 is 0 Å². The third-order valence-corrected chi connectivity index (χ3v) is 6.39. The number of carbonyl (C=O) groups excluding carboxylic acids is 2. The number of anilines is 4. The summed E-state index contributed by atoms with van der Waals surface area (Å²) in [7, 11) is 0. The fraction of sp³-hybridized carbons (Fsp3) is 0.0800. The van der Waals surface area contributed by atoms with E-state index in [0.717, 1.165) is 28.2 Å². The van der Waals surface area contributed by atoms with E-state index in [1.807, 2.05) is 66.9 Å². The second-order valence-electron chi connectivity index (χ2n) is 7.51. The van der Waals surface area contributed by atoms with Crippen molar-refractivity contribution in [2.45, 2.75) is 13.5 Å². The van der Waals surface area contributed by atoms with Crippen molar-refractivity contribution in [3.63, 3.8) is 0 Å². The van der Waals surface area contributed by atoms with Crippen molar-refractivity contribution in [3.05, 3.63) is 99.9 Å². The minimum atomic E-state index is -0.201. The molecule has 5 rings (SSSR count). The van der Waals surface area contributed by atoms with Crippen molar-refractivity contribution < 1.29 is 9.59 Å². The maximum atomic E-state index is 13.5. The van der Waals surface area contributed by atoms with Gasteiger partial charge in [-0.1, -0.05) is 30.3 Å². The van der Waals surface area contributed by atoms with Crippen molar-refractivity contribution in [3.8, 4) is 0 Å². The smallest absolute Gasteiger partial charge is 0.267 e. The van der Waals surface area contributed by atoms with Gasteiger partial charge >= 0.3 is 0 Å². The van der Waals surface area contributed by atoms with Crippen molar-refractivity contribution in [1.82, 2.24) is 4.98 Å². The summed E-state index contributed by atoms with van der Waals surface area (Å²) in [6.07, 6.45) is 1.51. The summed E-state index contributed by atoms with van der Waals surface area (Å²) < 4.78 is 0. The lowest BCUT2D eigenvalue weighted by atomic mass is 10.1. The Labute approximate surface area is 189 Å². The Morgan fingerprint density at radius 2 is 1.78 bits per heavy atom. The molecule has 2 N–H and O–H groups in total. The van der Waals surface area contributed by atoms with E-state index in [2.05, 4.69) is 15.6 Å². The van der Waals surface area contributed by atoms with Crippen LogP contribution in [0.25, 0.3) is 0 Å². The van der Waals surface area contributed by atoms with Crippen LogP contribution in [-0.2, 0) is 6.54 Å². The molecule has 3 heterocycles. The number of amides is 2. The van der Waals surface area contributed by atoms with Gasteiger partial charge in [0, 0.05) is 11.9 Å². The number of benzene rings is 2. The molecule has 1 aliphatic heterocycles. The van der Waals surface area contributed by atoms with Gasteiger partial charge in [0.15, 0.2) is 0 Å². The molecule has 1 aliphatic rings. The van der Waals surface area contributed by atoms with Gasteiger partial charge < -0.3 is 15.5 Å². The lowest BCUT2D eigenvalue weighted by molar-refractivity contribution is 0.0984. The molecule has 0 unspecified atom stereocenters. The standard InChI is InChI=1S/C25H20N4O2S/c1-16-12-13-32-23(16)24(30)28-22-11-10-17(14-26-22)25(31)29-15-18-6-2-3-7-19(18)27-20-8-4-5-9-21(20)29/h2-14,27H,15H2,1H3,(H,26,28,30). The zero-order valence-electron chi connectivity index (χ0n) is 17.3. The predicted octanol–water partition coefficient (Wildman–Crippen LogP) is 5.61. The van der Waals surface area contributed by atoms with E-state index in [-0.39, 0.29) is 11.8 Å². The highest BCUT2D eigenvalue weighted by Gasteiger charge is 2.25. The van der Waals surface area contributed by atoms with Crippen LogP contribution in [0.4, 0.5) is 22.9 Å². The molecule has 0 bridgehead atoms. The molecule has 2 aromatic carbocycles. The van der Waals surface area contributed by atoms with Gasteiger partial charge in [-0.05, 0) is 59.8 Å². The number of rotatable bonds is 3. The quantitative estimate of drug-likeness (QED) is 0.434. The van der Waals surface area contributed by atoms with Crippen LogP contribution in [0.2, 0.25) is 0 Å². The largest absolute Gasteiger partial charge is 0.354 e. The number of aromatic nitrogens is 1. The van der Waals surface area contributed by atoms with E-state index in [1.54, 1.807) is 17.0 Å². The summed E-state index contributed by atoms with van der Waals surface area (Å²) in [5.41, 5.74) is 5.06. The first-order valence-electron chi connectivity index (χ1n) is 10.2. The van der Waals surface area contributed by atoms with Gasteiger partial charge in [0.25, 0.3) is 11.8 Å². The molecule has 0 saturated carbocycles. The third kappa shape index (κ3) is 3.74. The number of para-hydroxylation sites is 3. The molecular formula is C25H20N4O2S. The van der Waals surface area contributed by atoms with E-state index in [0.29, 0.717) is 22.8 Å². The average Bonchev–Trinajstić information content (AvgIpc) is 3.17. The Morgan fingerprint density at radius 1 is 1.00 bits per heavy atom. The number of nitrogens with zero attached hydrogens (tertiary/aromatic N) is 2. The molecule has 158 valence electrons. The number of hydrogen-bond donors (Lipinski definition) is 2. The summed E-state index contributed by atoms with van der Waals surface area (Å²) in [5, 5.41) is 8.11. The van der Waals surface area contributed by atoms with Crippen LogP contribution in [0.3, 0.4) is 0 Å². The number of aryl methyl sites for hydroxylation is 1. The normalized spacial score (nSPS) is 12.2. The Hall–Kier alpha value is -3.97. The van der Waals surface area contributed by atoms with Gasteiger partial charge in [-0.25, -0.2) is 4.98 Å². The van der Waals surface area contributed by atoms with Crippen LogP contribution in [0.5, 0.6) is 0 Å². The minimum absolute atomic E-state index is 0.157. The molecule has 0 radical (unpaired) electrons. The Kier molecular flexibility index (Phi) is 5.17. The molecule has 0 aliphatic carbocycles. The van der Waals surface area contributed by atoms with Crippen molar-refractivity contribution in [2.24, 2.45) is 0 Å². The second kappa shape index (κ2) is 8.28. The average molecular weight is 441 g/mol. The molecule has 32 heavy (non-hydrogen) atoms. The molecule has 2 amide bonds. The molecule has 0 spiro atoms. The third-order valence-electron chi connectivity index (χ3n) is 5.38. The number of hydrogen-bond acceptors (Lipinski definition) is 5. The van der Waals surface area contributed by atoms with E-state index < -0.39 is 0 Å². The predicted molar refractivity (Wildman–Crippen MR) is 128 cm³/mol. The fourth-order valence-corrected chi connectivity index (χ4v) is 4.53. The van der Waals surface area contributed by atoms with Crippen LogP contribution in [-0.4, -0.2) is 16.8 Å². The van der Waals surface area contributed by atoms with E-state index in [1.165, 1.54) is 17.5 Å². The number of fused-ring (bicyclic) bond motifs is 2. The van der Waals surface area contributed by atoms with Crippen LogP contribution < -0.4 is 15.5 Å². The molecule has 6 nitrogen and oxygen atoms in total. The van der Waals surface area contributed by atoms with Gasteiger partial charge in [0.05, 0.1) is 28.4 Å². The highest BCUT2D eigenvalue weighted by molar-refractivity contribution is 7.12. The number of nitrogens with one attached hydrogen (secondary N) is 2. The molecule has 4 aromatic rings. The Bertz CT molecular complexity index is 1310. The van der Waals surface area contributed by atoms with E-state index in [9.17, 15) is 9.59 Å². The first kappa shape index (κ1) is 20.0. The van der Waals surface area contributed by atoms with Crippen LogP contribution >= 0.6 is 11.3 Å². The zero-order valence-corrected chi connectivity index (χ0v) is 18.1. The first-order chi connectivity index (χ1) is 15.6. The molecule has 2 aromatic heterocycles. The second-order valence-corrected chi connectivity index (χ2v) is 8.43. The van der Waals surface area contributed by atoms with E-state index in [4.69, 9.17) is 0 Å². The molecule has 0 fully saturated rings. The summed E-state index contributed by atoms with van der Waals surface area (Å²) in [5.74, 6) is 0.0475. The number of thiophene rings is 1. The van der Waals surface area contributed by atoms with Gasteiger partial charge in [-0.3, -0.25) is 9.59 Å². The monoisotopic (exact) mass is 440 g/mol. The topological polar surface area (TPSA) is 74.3 Å². The summed E-state index contributed by atoms with van der Waals surface area (Å²) in [6.45, 7) is 2.34. The summed E-state index contributed by atoms with van der Waals surface area (Å²) in [6, 6.07) is 21.0. The van der Waals surface area contributed by atoms with Crippen molar-refractivity contribution >= 4 is 46.0 Å². The Morgan fingerprint density at radius 3 is 2.53 bits per heavy atom. The van der Waals surface area contributed by atoms with Crippen LogP contribution in [0.15, 0.2) is 78.3 Å². The van der Waals surface area contributed by atoms with Gasteiger partial charge in [0.2, 0.25) is 0 Å². The first-order valence-corrected chi connectivity index (χ1v) is 11.1. The van der Waals surface area contributed by atoms with Crippen molar-refractivity contribution in [1.29, 1.82) is 0 Å². The van der Waals surface area contributed by atoms with Crippen LogP contribution in [0, 0.1) is 6.92 Å². The zero-order chi connectivity index (χ0) is 22.1. The van der Waals surface area contributed by atoms with Crippen LogP contribution in [0.1, 0.15) is 31.2 Å². The maximum Gasteiger partial charge on any atom is 0.267 e. The number of pyridine rings is 1. The highest BCUT2D eigenvalue weighted by atomic mass is 32.1. The molecule has 0 atom stereocenters. The van der Waals surface area contributed by atoms with Gasteiger partial charge in [-0.2, -0.15) is 0 Å². The minimum Gasteiger partial charge on any atom is -0.354 e. The number of carbonyl (C=O) groups is 2. The highest BCUT2D eigenvalue weighted by Crippen LogP contribution is 2.36. The summed E-state index contributed by atoms with van der Waals surface area (Å²) >= 11 is 1.39. The lowest BCUT2D eigenvalue weighted by Crippen LogP contribution is -2.30.